The summed E-state index contributed by atoms with van der Waals surface area (Å²) in [5, 5.41) is 0.663. The second-order valence-corrected chi connectivity index (χ2v) is 8.48. The molecule has 1 aromatic carbocycles. The van der Waals surface area contributed by atoms with Crippen molar-refractivity contribution in [3.8, 4) is 11.5 Å². The first kappa shape index (κ1) is 19.9. The number of aryl methyl sites for hydroxylation is 1. The summed E-state index contributed by atoms with van der Waals surface area (Å²) in [6.45, 7) is 2.92. The van der Waals surface area contributed by atoms with E-state index in [0.29, 0.717) is 30.4 Å². The Morgan fingerprint density at radius 2 is 1.87 bits per heavy atom. The third kappa shape index (κ3) is 4.26. The molecule has 0 radical (unpaired) electrons. The van der Waals surface area contributed by atoms with Crippen LogP contribution in [0.5, 0.6) is 0 Å². The fraction of sp³-hybridized carbons (Fsp3) is 0.333. The van der Waals surface area contributed by atoms with E-state index in [0.717, 1.165) is 55.1 Å². The van der Waals surface area contributed by atoms with Gasteiger partial charge < -0.3 is 9.80 Å². The molecule has 0 saturated carbocycles. The van der Waals surface area contributed by atoms with Crippen LogP contribution >= 0.6 is 11.6 Å². The number of rotatable bonds is 4. The molecule has 3 heterocycles. The zero-order valence-electron chi connectivity index (χ0n) is 17.3. The van der Waals surface area contributed by atoms with Crippen molar-refractivity contribution < 1.29 is 4.79 Å². The van der Waals surface area contributed by atoms with Crippen molar-refractivity contribution in [1.82, 2.24) is 19.9 Å². The number of benzene rings is 1. The van der Waals surface area contributed by atoms with Crippen LogP contribution in [0.1, 0.15) is 23.2 Å². The van der Waals surface area contributed by atoms with E-state index in [2.05, 4.69) is 9.88 Å². The van der Waals surface area contributed by atoms with Gasteiger partial charge in [-0.05, 0) is 49.1 Å². The highest BCUT2D eigenvalue weighted by molar-refractivity contribution is 6.30. The van der Waals surface area contributed by atoms with Crippen molar-refractivity contribution in [2.24, 2.45) is 0 Å². The summed E-state index contributed by atoms with van der Waals surface area (Å²) >= 11 is 6.06. The molecule has 0 bridgehead atoms. The lowest BCUT2D eigenvalue weighted by Gasteiger charge is -2.36. The smallest absolute Gasteiger partial charge is 0.227 e. The van der Waals surface area contributed by atoms with Crippen LogP contribution in [0.2, 0.25) is 5.02 Å². The maximum absolute atomic E-state index is 12.8. The summed E-state index contributed by atoms with van der Waals surface area (Å²) in [6.07, 6.45) is 5.27. The van der Waals surface area contributed by atoms with Crippen molar-refractivity contribution in [1.29, 1.82) is 0 Å². The summed E-state index contributed by atoms with van der Waals surface area (Å²) in [7, 11) is 0. The molecule has 1 saturated heterocycles. The lowest BCUT2D eigenvalue weighted by molar-refractivity contribution is -0.130. The largest absolute Gasteiger partial charge is 0.353 e. The van der Waals surface area contributed by atoms with Crippen LogP contribution in [-0.2, 0) is 24.1 Å². The molecule has 1 aliphatic heterocycles. The van der Waals surface area contributed by atoms with Gasteiger partial charge in [-0.25, -0.2) is 9.97 Å². The van der Waals surface area contributed by atoms with E-state index in [9.17, 15) is 4.79 Å². The molecule has 3 aromatic rings. The number of amides is 1. The Bertz CT molecular complexity index is 1100. The van der Waals surface area contributed by atoms with Crippen LogP contribution < -0.4 is 4.90 Å². The van der Waals surface area contributed by atoms with E-state index in [1.807, 2.05) is 47.4 Å². The first-order chi connectivity index (χ1) is 15.2. The predicted octanol–water partition coefficient (Wildman–Crippen LogP) is 3.57. The number of carbonyl (C=O) groups excluding carboxylic acids is 1. The summed E-state index contributed by atoms with van der Waals surface area (Å²) in [4.78, 5) is 31.2. The molecular formula is C24H24ClN5O. The van der Waals surface area contributed by atoms with E-state index < -0.39 is 0 Å². The summed E-state index contributed by atoms with van der Waals surface area (Å²) < 4.78 is 0. The van der Waals surface area contributed by atoms with E-state index >= 15 is 0 Å². The van der Waals surface area contributed by atoms with Gasteiger partial charge in [0.2, 0.25) is 5.91 Å². The molecule has 5 rings (SSSR count). The fourth-order valence-electron chi connectivity index (χ4n) is 4.38. The normalized spacial score (nSPS) is 15.8. The Kier molecular flexibility index (Phi) is 5.55. The third-order valence-electron chi connectivity index (χ3n) is 5.98. The Hall–Kier alpha value is -2.99. The number of piperazine rings is 1. The Balaban J connectivity index is 1.31. The Labute approximate surface area is 186 Å². The molecule has 0 spiro atoms. The van der Waals surface area contributed by atoms with Gasteiger partial charge in [0.25, 0.3) is 0 Å². The predicted molar refractivity (Wildman–Crippen MR) is 121 cm³/mol. The lowest BCUT2D eigenvalue weighted by atomic mass is 10.1. The standard InChI is InChI=1S/C24H24ClN5O/c25-18-6-3-5-17(15-18)16-22(31)29-11-13-30(14-12-29)24-19-7-4-9-20(19)27-23(28-24)21-8-1-2-10-26-21/h1-3,5-6,8,10,15H,4,7,9,11-14,16H2. The zero-order chi connectivity index (χ0) is 21.2. The molecule has 158 valence electrons. The van der Waals surface area contributed by atoms with Gasteiger partial charge in [0.15, 0.2) is 5.82 Å². The molecule has 0 unspecified atom stereocenters. The van der Waals surface area contributed by atoms with Gasteiger partial charge in [0.05, 0.1) is 6.42 Å². The molecule has 2 aromatic heterocycles. The molecule has 0 N–H and O–H groups in total. The second kappa shape index (κ2) is 8.63. The maximum Gasteiger partial charge on any atom is 0.227 e. The van der Waals surface area contributed by atoms with Crippen LogP contribution in [0.25, 0.3) is 11.5 Å². The van der Waals surface area contributed by atoms with Crippen LogP contribution in [0.4, 0.5) is 5.82 Å². The highest BCUT2D eigenvalue weighted by atomic mass is 35.5. The molecule has 7 heteroatoms. The molecule has 6 nitrogen and oxygen atoms in total. The van der Waals surface area contributed by atoms with Crippen molar-refractivity contribution in [3.05, 3.63) is 70.5 Å². The van der Waals surface area contributed by atoms with E-state index in [1.165, 1.54) is 5.56 Å². The van der Waals surface area contributed by atoms with E-state index in [1.54, 1.807) is 6.20 Å². The van der Waals surface area contributed by atoms with Gasteiger partial charge in [-0.15, -0.1) is 0 Å². The van der Waals surface area contributed by atoms with Crippen molar-refractivity contribution in [3.63, 3.8) is 0 Å². The average Bonchev–Trinajstić information content (AvgIpc) is 3.28. The number of hydrogen-bond acceptors (Lipinski definition) is 5. The SMILES string of the molecule is O=C(Cc1cccc(Cl)c1)N1CCN(c2nc(-c3ccccn3)nc3c2CCC3)CC1. The van der Waals surface area contributed by atoms with Crippen molar-refractivity contribution in [2.75, 3.05) is 31.1 Å². The molecule has 2 aliphatic rings. The van der Waals surface area contributed by atoms with Crippen LogP contribution in [0, 0.1) is 0 Å². The second-order valence-electron chi connectivity index (χ2n) is 8.04. The van der Waals surface area contributed by atoms with Gasteiger partial charge in [-0.3, -0.25) is 9.78 Å². The average molecular weight is 434 g/mol. The van der Waals surface area contributed by atoms with Gasteiger partial charge in [-0.2, -0.15) is 0 Å². The molecular weight excluding hydrogens is 410 g/mol. The minimum absolute atomic E-state index is 0.143. The first-order valence-corrected chi connectivity index (χ1v) is 11.1. The zero-order valence-corrected chi connectivity index (χ0v) is 18.1. The lowest BCUT2D eigenvalue weighted by Crippen LogP contribution is -2.49. The Morgan fingerprint density at radius 3 is 2.65 bits per heavy atom. The first-order valence-electron chi connectivity index (χ1n) is 10.8. The summed E-state index contributed by atoms with van der Waals surface area (Å²) in [6, 6.07) is 13.3. The molecule has 0 atom stereocenters. The summed E-state index contributed by atoms with van der Waals surface area (Å²) in [5.41, 5.74) is 4.16. The summed E-state index contributed by atoms with van der Waals surface area (Å²) in [5.74, 6) is 1.85. The van der Waals surface area contributed by atoms with Gasteiger partial charge in [0, 0.05) is 48.7 Å². The van der Waals surface area contributed by atoms with Crippen molar-refractivity contribution >= 4 is 23.3 Å². The minimum Gasteiger partial charge on any atom is -0.353 e. The number of hydrogen-bond donors (Lipinski definition) is 0. The van der Waals surface area contributed by atoms with Crippen LogP contribution in [0.3, 0.4) is 0 Å². The van der Waals surface area contributed by atoms with Crippen LogP contribution in [0.15, 0.2) is 48.7 Å². The quantitative estimate of drug-likeness (QED) is 0.629. The van der Waals surface area contributed by atoms with E-state index in [4.69, 9.17) is 21.6 Å². The monoisotopic (exact) mass is 433 g/mol. The highest BCUT2D eigenvalue weighted by Gasteiger charge is 2.27. The number of anilines is 1. The molecule has 1 fully saturated rings. The highest BCUT2D eigenvalue weighted by Crippen LogP contribution is 2.31. The van der Waals surface area contributed by atoms with Crippen LogP contribution in [-0.4, -0.2) is 51.9 Å². The van der Waals surface area contributed by atoms with Gasteiger partial charge >= 0.3 is 0 Å². The number of nitrogens with zero attached hydrogens (tertiary/aromatic N) is 5. The minimum atomic E-state index is 0.143. The maximum atomic E-state index is 12.8. The van der Waals surface area contributed by atoms with Gasteiger partial charge in [0.1, 0.15) is 11.5 Å². The molecule has 1 amide bonds. The molecule has 1 aliphatic carbocycles. The molecule has 31 heavy (non-hydrogen) atoms. The third-order valence-corrected chi connectivity index (χ3v) is 6.22. The number of pyridine rings is 1. The van der Waals surface area contributed by atoms with Crippen molar-refractivity contribution in [2.45, 2.75) is 25.7 Å². The van der Waals surface area contributed by atoms with E-state index in [-0.39, 0.29) is 5.91 Å². The number of halogens is 1. The van der Waals surface area contributed by atoms with Gasteiger partial charge in [-0.1, -0.05) is 29.8 Å². The number of fused-ring (bicyclic) bond motifs is 1. The Morgan fingerprint density at radius 1 is 1.00 bits per heavy atom. The fourth-order valence-corrected chi connectivity index (χ4v) is 4.60. The number of carbonyl (C=O) groups is 1. The topological polar surface area (TPSA) is 62.2 Å². The number of aromatic nitrogens is 3.